The molecule has 29 heavy (non-hydrogen) atoms. The van der Waals surface area contributed by atoms with Gasteiger partial charge in [0.1, 0.15) is 18.2 Å². The second-order valence-electron chi connectivity index (χ2n) is 7.80. The summed E-state index contributed by atoms with van der Waals surface area (Å²) >= 11 is 0. The van der Waals surface area contributed by atoms with Crippen molar-refractivity contribution in [2.24, 2.45) is 0 Å². The van der Waals surface area contributed by atoms with Crippen LogP contribution in [0, 0.1) is 0 Å². The maximum absolute atomic E-state index is 11.2. The molecule has 0 aromatic rings. The van der Waals surface area contributed by atoms with Gasteiger partial charge >= 0.3 is 5.97 Å². The van der Waals surface area contributed by atoms with Crippen LogP contribution < -0.4 is 10.8 Å². The van der Waals surface area contributed by atoms with Crippen LogP contribution in [0.4, 0.5) is 0 Å². The largest absolute Gasteiger partial charge is 0.544 e. The molecule has 5 N–H and O–H groups in total. The number of hydrogen-bond acceptors (Lipinski definition) is 6. The Labute approximate surface area is 175 Å². The Balaban J connectivity index is 3.99. The van der Waals surface area contributed by atoms with E-state index in [4.69, 9.17) is 4.74 Å². The van der Waals surface area contributed by atoms with E-state index in [1.807, 2.05) is 6.08 Å². The topological polar surface area (TPSA) is 135 Å². The molecular weight excluding hydrogens is 374 g/mol. The zero-order chi connectivity index (χ0) is 22.1. The molecule has 7 heteroatoms. The molecule has 0 aliphatic rings. The van der Waals surface area contributed by atoms with E-state index in [-0.39, 0.29) is 12.5 Å². The Morgan fingerprint density at radius 1 is 1.03 bits per heavy atom. The zero-order valence-corrected chi connectivity index (χ0v) is 18.2. The smallest absolute Gasteiger partial charge is 0.303 e. The van der Waals surface area contributed by atoms with Crippen LogP contribution in [0.3, 0.4) is 0 Å². The lowest BCUT2D eigenvalue weighted by molar-refractivity contribution is -0.452. The van der Waals surface area contributed by atoms with Crippen LogP contribution in [0.5, 0.6) is 0 Å². The maximum atomic E-state index is 11.2. The highest BCUT2D eigenvalue weighted by Gasteiger charge is 2.24. The van der Waals surface area contributed by atoms with Gasteiger partial charge in [-0.3, -0.25) is 4.79 Å². The number of carboxylic acids is 1. The van der Waals surface area contributed by atoms with E-state index in [1.54, 1.807) is 6.08 Å². The Bertz CT molecular complexity index is 468. The predicted octanol–water partition coefficient (Wildman–Crippen LogP) is 1.26. The summed E-state index contributed by atoms with van der Waals surface area (Å²) < 4.78 is 5.12. The SMILES string of the molecule is CCCCCC[C@@H](O)CCCCCC/C=C/[C@@H](C[C@H](O)[C@H]([NH3+])C(=O)[O-])OC(C)=O. The summed E-state index contributed by atoms with van der Waals surface area (Å²) in [6, 6.07) is -1.27. The summed E-state index contributed by atoms with van der Waals surface area (Å²) in [6.45, 7) is 3.45. The minimum Gasteiger partial charge on any atom is -0.544 e. The highest BCUT2D eigenvalue weighted by atomic mass is 16.5. The van der Waals surface area contributed by atoms with Gasteiger partial charge in [0.2, 0.25) is 0 Å². The van der Waals surface area contributed by atoms with Gasteiger partial charge in [0.25, 0.3) is 0 Å². The molecule has 0 saturated carbocycles. The molecule has 0 radical (unpaired) electrons. The third-order valence-electron chi connectivity index (χ3n) is 4.96. The van der Waals surface area contributed by atoms with Gasteiger partial charge in [0.05, 0.1) is 6.10 Å². The number of quaternary nitrogens is 1. The number of rotatable bonds is 18. The highest BCUT2D eigenvalue weighted by molar-refractivity contribution is 5.70. The number of allylic oxidation sites excluding steroid dienone is 1. The van der Waals surface area contributed by atoms with Crippen molar-refractivity contribution in [3.63, 3.8) is 0 Å². The third-order valence-corrected chi connectivity index (χ3v) is 4.96. The monoisotopic (exact) mass is 415 g/mol. The predicted molar refractivity (Wildman–Crippen MR) is 109 cm³/mol. The summed E-state index contributed by atoms with van der Waals surface area (Å²) in [6.07, 6.45) is 12.9. The second-order valence-corrected chi connectivity index (χ2v) is 7.80. The fourth-order valence-corrected chi connectivity index (χ4v) is 3.13. The van der Waals surface area contributed by atoms with Gasteiger partial charge in [0, 0.05) is 13.3 Å². The van der Waals surface area contributed by atoms with E-state index >= 15 is 0 Å². The molecule has 0 spiro atoms. The van der Waals surface area contributed by atoms with Gasteiger partial charge in [-0.05, 0) is 31.8 Å². The lowest BCUT2D eigenvalue weighted by Crippen LogP contribution is -2.73. The Kier molecular flexibility index (Phi) is 16.6. The molecule has 0 aromatic carbocycles. The number of esters is 1. The van der Waals surface area contributed by atoms with E-state index in [0.717, 1.165) is 51.4 Å². The van der Waals surface area contributed by atoms with Crippen LogP contribution in [-0.4, -0.2) is 46.5 Å². The van der Waals surface area contributed by atoms with Gasteiger partial charge < -0.3 is 30.6 Å². The quantitative estimate of drug-likeness (QED) is 0.175. The van der Waals surface area contributed by atoms with Crippen molar-refractivity contribution in [3.05, 3.63) is 12.2 Å². The number of carbonyl (C=O) groups excluding carboxylic acids is 2. The maximum Gasteiger partial charge on any atom is 0.303 e. The first-order valence-electron chi connectivity index (χ1n) is 11.0. The van der Waals surface area contributed by atoms with E-state index in [2.05, 4.69) is 12.7 Å². The number of aliphatic carboxylic acids is 1. The number of carboxylic acid groups (broad SMARTS) is 1. The minimum absolute atomic E-state index is 0.0334. The van der Waals surface area contributed by atoms with Crippen LogP contribution in [0.1, 0.15) is 90.9 Å². The molecule has 0 aliphatic carbocycles. The molecule has 0 aliphatic heterocycles. The molecule has 0 saturated heterocycles. The van der Waals surface area contributed by atoms with E-state index < -0.39 is 30.2 Å². The number of carbonyl (C=O) groups is 2. The lowest BCUT2D eigenvalue weighted by Gasteiger charge is -2.20. The summed E-state index contributed by atoms with van der Waals surface area (Å²) in [4.78, 5) is 22.0. The summed E-state index contributed by atoms with van der Waals surface area (Å²) in [5.74, 6) is -1.93. The standard InChI is InChI=1S/C22H41NO6/c1-3-4-5-10-13-18(25)14-11-8-6-7-9-12-15-19(29-17(2)24)16-20(26)21(23)22(27)28/h12,15,18-21,25-26H,3-11,13-14,16,23H2,1-2H3,(H,27,28)/b15-12+/t18-,19+,20+,21+/m1/s1. The summed E-state index contributed by atoms with van der Waals surface area (Å²) in [5.41, 5.74) is 3.35. The first-order chi connectivity index (χ1) is 13.8. The van der Waals surface area contributed by atoms with Crippen LogP contribution in [-0.2, 0) is 14.3 Å². The molecule has 170 valence electrons. The number of unbranched alkanes of at least 4 members (excludes halogenated alkanes) is 7. The Hall–Kier alpha value is -1.44. The number of ether oxygens (including phenoxy) is 1. The van der Waals surface area contributed by atoms with Crippen molar-refractivity contribution in [1.29, 1.82) is 0 Å². The lowest BCUT2D eigenvalue weighted by atomic mass is 10.0. The van der Waals surface area contributed by atoms with Crippen molar-refractivity contribution < 1.29 is 35.4 Å². The average Bonchev–Trinajstić information content (AvgIpc) is 2.65. The normalized spacial score (nSPS) is 15.8. The van der Waals surface area contributed by atoms with Gasteiger partial charge in [-0.1, -0.05) is 57.9 Å². The molecule has 0 unspecified atom stereocenters. The van der Waals surface area contributed by atoms with Crippen LogP contribution in [0.2, 0.25) is 0 Å². The van der Waals surface area contributed by atoms with Gasteiger partial charge in [-0.25, -0.2) is 0 Å². The average molecular weight is 416 g/mol. The molecule has 0 rings (SSSR count). The van der Waals surface area contributed by atoms with E-state index in [1.165, 1.54) is 26.2 Å². The Morgan fingerprint density at radius 3 is 2.17 bits per heavy atom. The van der Waals surface area contributed by atoms with Crippen LogP contribution >= 0.6 is 0 Å². The van der Waals surface area contributed by atoms with Gasteiger partial charge in [0.15, 0.2) is 6.04 Å². The van der Waals surface area contributed by atoms with Gasteiger partial charge in [-0.15, -0.1) is 0 Å². The number of hydrogen-bond donors (Lipinski definition) is 3. The molecule has 0 amide bonds. The summed E-state index contributed by atoms with van der Waals surface area (Å²) in [5, 5.41) is 30.6. The Morgan fingerprint density at radius 2 is 1.62 bits per heavy atom. The zero-order valence-electron chi connectivity index (χ0n) is 18.2. The first-order valence-corrected chi connectivity index (χ1v) is 11.0. The minimum atomic E-state index is -1.44. The van der Waals surface area contributed by atoms with Crippen molar-refractivity contribution in [1.82, 2.24) is 0 Å². The first kappa shape index (κ1) is 27.6. The van der Waals surface area contributed by atoms with Crippen molar-refractivity contribution in [2.45, 2.75) is 115 Å². The second kappa shape index (κ2) is 17.4. The van der Waals surface area contributed by atoms with Crippen LogP contribution in [0.15, 0.2) is 12.2 Å². The third kappa shape index (κ3) is 16.1. The molecule has 7 nitrogen and oxygen atoms in total. The van der Waals surface area contributed by atoms with Crippen molar-refractivity contribution >= 4 is 11.9 Å². The van der Waals surface area contributed by atoms with Crippen LogP contribution in [0.25, 0.3) is 0 Å². The van der Waals surface area contributed by atoms with Crippen molar-refractivity contribution in [3.8, 4) is 0 Å². The molecule has 0 aromatic heterocycles. The molecule has 0 bridgehead atoms. The number of aliphatic hydroxyl groups is 2. The summed E-state index contributed by atoms with van der Waals surface area (Å²) in [7, 11) is 0. The fourth-order valence-electron chi connectivity index (χ4n) is 3.13. The molecule has 0 heterocycles. The highest BCUT2D eigenvalue weighted by Crippen LogP contribution is 2.13. The van der Waals surface area contributed by atoms with Crippen molar-refractivity contribution in [2.75, 3.05) is 0 Å². The molecule has 4 atom stereocenters. The molecular formula is C22H41NO6. The van der Waals surface area contributed by atoms with E-state index in [9.17, 15) is 24.9 Å². The molecule has 0 fully saturated rings. The van der Waals surface area contributed by atoms with E-state index in [0.29, 0.717) is 0 Å². The number of aliphatic hydroxyl groups excluding tert-OH is 2. The van der Waals surface area contributed by atoms with Gasteiger partial charge in [-0.2, -0.15) is 0 Å². The fraction of sp³-hybridized carbons (Fsp3) is 0.818.